The van der Waals surface area contributed by atoms with E-state index >= 15 is 0 Å². The minimum Gasteiger partial charge on any atom is -0.379 e. The molecule has 2 rings (SSSR count). The van der Waals surface area contributed by atoms with Crippen LogP contribution in [0, 0.1) is 5.82 Å². The summed E-state index contributed by atoms with van der Waals surface area (Å²) in [6.45, 7) is 0.406. The van der Waals surface area contributed by atoms with Crippen LogP contribution in [0.1, 0.15) is 5.56 Å². The van der Waals surface area contributed by atoms with E-state index in [9.17, 15) is 9.18 Å². The summed E-state index contributed by atoms with van der Waals surface area (Å²) in [4.78, 5) is 11.3. The molecule has 0 bridgehead atoms. The molecule has 18 heavy (non-hydrogen) atoms. The van der Waals surface area contributed by atoms with Crippen molar-refractivity contribution < 1.29 is 4.39 Å². The molecule has 0 aliphatic heterocycles. The summed E-state index contributed by atoms with van der Waals surface area (Å²) < 4.78 is 13.3. The van der Waals surface area contributed by atoms with Gasteiger partial charge in [-0.05, 0) is 33.6 Å². The molecule has 0 aliphatic carbocycles. The van der Waals surface area contributed by atoms with Crippen molar-refractivity contribution >= 4 is 33.2 Å². The second kappa shape index (κ2) is 5.49. The summed E-state index contributed by atoms with van der Waals surface area (Å²) >= 11 is 8.82. The highest BCUT2D eigenvalue weighted by atomic mass is 79.9. The predicted octanol–water partition coefficient (Wildman–Crippen LogP) is 2.94. The maximum atomic E-state index is 13.0. The predicted molar refractivity (Wildman–Crippen MR) is 71.3 cm³/mol. The van der Waals surface area contributed by atoms with E-state index in [4.69, 9.17) is 11.6 Å². The van der Waals surface area contributed by atoms with Gasteiger partial charge in [-0.2, -0.15) is 5.10 Å². The Bertz CT molecular complexity index is 632. The largest absolute Gasteiger partial charge is 0.379 e. The van der Waals surface area contributed by atoms with Crippen molar-refractivity contribution in [3.05, 3.63) is 55.6 Å². The highest BCUT2D eigenvalue weighted by Gasteiger charge is 2.05. The summed E-state index contributed by atoms with van der Waals surface area (Å²) in [6.07, 6.45) is 1.48. The lowest BCUT2D eigenvalue weighted by molar-refractivity contribution is 0.627. The Hall–Kier alpha value is -1.40. The van der Waals surface area contributed by atoms with Gasteiger partial charge in [-0.15, -0.1) is 0 Å². The van der Waals surface area contributed by atoms with Gasteiger partial charge >= 0.3 is 0 Å². The fourth-order valence-electron chi connectivity index (χ4n) is 1.35. The Balaban J connectivity index is 2.14. The molecule has 4 nitrogen and oxygen atoms in total. The molecule has 0 amide bonds. The van der Waals surface area contributed by atoms with Gasteiger partial charge in [0.15, 0.2) is 0 Å². The third-order valence-corrected chi connectivity index (χ3v) is 3.34. The molecule has 0 aliphatic rings. The zero-order valence-corrected chi connectivity index (χ0v) is 11.3. The standard InChI is InChI=1S/C11H8BrClFN3O/c12-10-9(5-16-17-11(10)18)15-4-6-1-2-8(14)7(13)3-6/h1-3,5H,4H2,(H2,15,17,18). The Kier molecular flexibility index (Phi) is 3.98. The van der Waals surface area contributed by atoms with Crippen LogP contribution in [0.25, 0.3) is 0 Å². The molecule has 1 heterocycles. The average Bonchev–Trinajstić information content (AvgIpc) is 2.35. The quantitative estimate of drug-likeness (QED) is 0.908. The van der Waals surface area contributed by atoms with Gasteiger partial charge in [0.2, 0.25) is 0 Å². The van der Waals surface area contributed by atoms with Crippen molar-refractivity contribution in [2.75, 3.05) is 5.32 Å². The van der Waals surface area contributed by atoms with Crippen molar-refractivity contribution in [1.29, 1.82) is 0 Å². The van der Waals surface area contributed by atoms with Crippen molar-refractivity contribution in [3.63, 3.8) is 0 Å². The summed E-state index contributed by atoms with van der Waals surface area (Å²) in [5.74, 6) is -0.459. The number of rotatable bonds is 3. The fourth-order valence-corrected chi connectivity index (χ4v) is 1.89. The number of anilines is 1. The van der Waals surface area contributed by atoms with Crippen LogP contribution in [-0.4, -0.2) is 10.2 Å². The molecule has 0 radical (unpaired) electrons. The SMILES string of the molecule is O=c1[nH]ncc(NCc2ccc(F)c(Cl)c2)c1Br. The van der Waals surface area contributed by atoms with E-state index in [0.29, 0.717) is 16.7 Å². The number of hydrogen-bond donors (Lipinski definition) is 2. The highest BCUT2D eigenvalue weighted by Crippen LogP contribution is 2.19. The van der Waals surface area contributed by atoms with Gasteiger partial charge in [0.1, 0.15) is 10.3 Å². The van der Waals surface area contributed by atoms with Crippen LogP contribution in [0.2, 0.25) is 5.02 Å². The highest BCUT2D eigenvalue weighted by molar-refractivity contribution is 9.10. The van der Waals surface area contributed by atoms with E-state index in [1.165, 1.54) is 18.3 Å². The third kappa shape index (κ3) is 2.88. The lowest BCUT2D eigenvalue weighted by Crippen LogP contribution is -2.12. The van der Waals surface area contributed by atoms with Crippen LogP contribution in [0.15, 0.2) is 33.7 Å². The van der Waals surface area contributed by atoms with E-state index in [1.807, 2.05) is 0 Å². The van der Waals surface area contributed by atoms with E-state index in [1.54, 1.807) is 6.07 Å². The second-order valence-electron chi connectivity index (χ2n) is 3.53. The number of halogens is 3. The van der Waals surface area contributed by atoms with Gasteiger partial charge in [0.05, 0.1) is 16.9 Å². The number of aromatic amines is 1. The smallest absolute Gasteiger partial charge is 0.280 e. The number of H-pyrrole nitrogens is 1. The molecular formula is C11H8BrClFN3O. The van der Waals surface area contributed by atoms with Gasteiger partial charge in [0.25, 0.3) is 5.56 Å². The molecule has 2 aromatic rings. The van der Waals surface area contributed by atoms with Gasteiger partial charge < -0.3 is 5.32 Å². The van der Waals surface area contributed by atoms with Crippen molar-refractivity contribution in [3.8, 4) is 0 Å². The molecule has 0 atom stereocenters. The van der Waals surface area contributed by atoms with Crippen LogP contribution in [0.4, 0.5) is 10.1 Å². The van der Waals surface area contributed by atoms with Crippen LogP contribution < -0.4 is 10.9 Å². The Labute approximate surface area is 115 Å². The first-order chi connectivity index (χ1) is 8.58. The zero-order chi connectivity index (χ0) is 13.1. The first kappa shape index (κ1) is 13.0. The van der Waals surface area contributed by atoms with Gasteiger partial charge in [0, 0.05) is 6.54 Å². The molecule has 94 valence electrons. The number of benzene rings is 1. The van der Waals surface area contributed by atoms with Crippen molar-refractivity contribution in [2.24, 2.45) is 0 Å². The lowest BCUT2D eigenvalue weighted by atomic mass is 10.2. The monoisotopic (exact) mass is 331 g/mol. The van der Waals surface area contributed by atoms with E-state index in [-0.39, 0.29) is 10.6 Å². The van der Waals surface area contributed by atoms with Crippen LogP contribution in [0.5, 0.6) is 0 Å². The number of aromatic nitrogens is 2. The Morgan fingerprint density at radius 3 is 3.00 bits per heavy atom. The normalized spacial score (nSPS) is 10.4. The molecule has 0 unspecified atom stereocenters. The molecule has 0 saturated carbocycles. The molecule has 0 saturated heterocycles. The van der Waals surface area contributed by atoms with E-state index < -0.39 is 5.82 Å². The van der Waals surface area contributed by atoms with Crippen LogP contribution in [0.3, 0.4) is 0 Å². The van der Waals surface area contributed by atoms with Crippen LogP contribution >= 0.6 is 27.5 Å². The Morgan fingerprint density at radius 2 is 2.28 bits per heavy atom. The molecule has 2 N–H and O–H groups in total. The molecular weight excluding hydrogens is 324 g/mol. The lowest BCUT2D eigenvalue weighted by Gasteiger charge is -2.07. The zero-order valence-electron chi connectivity index (χ0n) is 9.01. The number of hydrogen-bond acceptors (Lipinski definition) is 3. The van der Waals surface area contributed by atoms with Crippen molar-refractivity contribution in [2.45, 2.75) is 6.54 Å². The summed E-state index contributed by atoms with van der Waals surface area (Å²) in [5, 5.41) is 9.04. The molecule has 0 spiro atoms. The third-order valence-electron chi connectivity index (χ3n) is 2.26. The molecule has 7 heteroatoms. The number of nitrogens with zero attached hydrogens (tertiary/aromatic N) is 1. The summed E-state index contributed by atoms with van der Waals surface area (Å²) in [7, 11) is 0. The summed E-state index contributed by atoms with van der Waals surface area (Å²) in [6, 6.07) is 4.44. The molecule has 1 aromatic heterocycles. The second-order valence-corrected chi connectivity index (χ2v) is 4.73. The summed E-state index contributed by atoms with van der Waals surface area (Å²) in [5.41, 5.74) is 1.03. The fraction of sp³-hybridized carbons (Fsp3) is 0.0909. The van der Waals surface area contributed by atoms with Gasteiger partial charge in [-0.1, -0.05) is 17.7 Å². The molecule has 0 fully saturated rings. The first-order valence-electron chi connectivity index (χ1n) is 4.99. The maximum Gasteiger partial charge on any atom is 0.280 e. The van der Waals surface area contributed by atoms with Gasteiger partial charge in [-0.3, -0.25) is 4.79 Å². The average molecular weight is 333 g/mol. The first-order valence-corrected chi connectivity index (χ1v) is 6.16. The minimum absolute atomic E-state index is 0.0670. The Morgan fingerprint density at radius 1 is 1.50 bits per heavy atom. The maximum absolute atomic E-state index is 13.0. The van der Waals surface area contributed by atoms with E-state index in [2.05, 4.69) is 31.4 Å². The minimum atomic E-state index is -0.459. The van der Waals surface area contributed by atoms with Crippen molar-refractivity contribution in [1.82, 2.24) is 10.2 Å². The topological polar surface area (TPSA) is 57.8 Å². The van der Waals surface area contributed by atoms with Crippen LogP contribution in [-0.2, 0) is 6.54 Å². The van der Waals surface area contributed by atoms with E-state index in [0.717, 1.165) is 5.56 Å². The molecule has 1 aromatic carbocycles. The van der Waals surface area contributed by atoms with Gasteiger partial charge in [-0.25, -0.2) is 9.49 Å². The number of nitrogens with one attached hydrogen (secondary N) is 2.